The zero-order valence-electron chi connectivity index (χ0n) is 23.1. The van der Waals surface area contributed by atoms with Crippen molar-refractivity contribution in [1.82, 2.24) is 0 Å². The zero-order valence-corrected chi connectivity index (χ0v) is 23.1. The van der Waals surface area contributed by atoms with Gasteiger partial charge in [0.25, 0.3) is 0 Å². The highest BCUT2D eigenvalue weighted by atomic mass is 16.4. The van der Waals surface area contributed by atoms with Crippen LogP contribution < -0.4 is 0 Å². The minimum absolute atomic E-state index is 0.343. The summed E-state index contributed by atoms with van der Waals surface area (Å²) in [7, 11) is 0. The van der Waals surface area contributed by atoms with Crippen LogP contribution >= 0.6 is 0 Å². The normalized spacial score (nSPS) is 8.88. The Balaban J connectivity index is -0.000000135. The minimum Gasteiger partial charge on any atom is -0.481 e. The molecule has 0 fully saturated rings. The lowest BCUT2D eigenvalue weighted by atomic mass is 10.1. The van der Waals surface area contributed by atoms with Gasteiger partial charge in [-0.25, -0.2) is 0 Å². The van der Waals surface area contributed by atoms with Crippen molar-refractivity contribution in [2.45, 2.75) is 142 Å². The lowest BCUT2D eigenvalue weighted by Crippen LogP contribution is -1.93. The summed E-state index contributed by atoms with van der Waals surface area (Å²) in [5, 5.41) is 16.8. The summed E-state index contributed by atoms with van der Waals surface area (Å²) in [6, 6.07) is 0. The number of hydrogen-bond acceptors (Lipinski definition) is 2. The number of carbonyl (C=O) groups is 2. The number of aliphatic carboxylic acids is 2. The topological polar surface area (TPSA) is 74.6 Å². The lowest BCUT2D eigenvalue weighted by Gasteiger charge is -2.00. The number of rotatable bonds is 20. The third kappa shape index (κ3) is 63.1. The first-order valence-electron chi connectivity index (χ1n) is 13.5. The van der Waals surface area contributed by atoms with Crippen LogP contribution in [0.25, 0.3) is 0 Å². The Morgan fingerprint density at radius 3 is 0.765 bits per heavy atom. The summed E-state index contributed by atoms with van der Waals surface area (Å²) in [6.45, 7) is 22.5. The van der Waals surface area contributed by atoms with Crippen molar-refractivity contribution in [2.75, 3.05) is 0 Å². The van der Waals surface area contributed by atoms with Crippen molar-refractivity contribution >= 4 is 11.9 Å². The molecule has 0 spiro atoms. The van der Waals surface area contributed by atoms with Gasteiger partial charge in [0, 0.05) is 12.8 Å². The largest absolute Gasteiger partial charge is 0.481 e. The van der Waals surface area contributed by atoms with E-state index in [9.17, 15) is 9.59 Å². The molecule has 0 saturated heterocycles. The Labute approximate surface area is 213 Å². The van der Waals surface area contributed by atoms with Gasteiger partial charge in [0.1, 0.15) is 0 Å². The smallest absolute Gasteiger partial charge is 0.303 e. The van der Waals surface area contributed by atoms with Crippen LogP contribution in [-0.4, -0.2) is 22.2 Å². The van der Waals surface area contributed by atoms with Crippen LogP contribution in [0.4, 0.5) is 0 Å². The molecule has 0 heterocycles. The monoisotopic (exact) mass is 484 g/mol. The molecule has 4 heteroatoms. The molecule has 204 valence electrons. The molecule has 0 aliphatic rings. The van der Waals surface area contributed by atoms with Gasteiger partial charge < -0.3 is 10.2 Å². The van der Waals surface area contributed by atoms with Crippen LogP contribution in [0.5, 0.6) is 0 Å². The maximum atomic E-state index is 10.2. The fourth-order valence-electron chi connectivity index (χ4n) is 3.17. The predicted molar refractivity (Wildman–Crippen MR) is 153 cm³/mol. The van der Waals surface area contributed by atoms with Gasteiger partial charge >= 0.3 is 11.9 Å². The molecule has 34 heavy (non-hydrogen) atoms. The van der Waals surface area contributed by atoms with E-state index in [0.717, 1.165) is 25.7 Å². The van der Waals surface area contributed by atoms with E-state index in [1.54, 1.807) is 0 Å². The summed E-state index contributed by atoms with van der Waals surface area (Å²) in [6.07, 6.45) is 23.0. The number of carboxylic acid groups (broad SMARTS) is 2. The van der Waals surface area contributed by atoms with Crippen molar-refractivity contribution < 1.29 is 19.8 Å². The van der Waals surface area contributed by atoms with Crippen LogP contribution in [-0.2, 0) is 9.59 Å². The number of hydrogen-bond donors (Lipinski definition) is 2. The molecule has 0 aromatic carbocycles. The van der Waals surface area contributed by atoms with Gasteiger partial charge in [0.05, 0.1) is 0 Å². The molecule has 0 unspecified atom stereocenters. The maximum absolute atomic E-state index is 10.2. The van der Waals surface area contributed by atoms with Gasteiger partial charge in [-0.3, -0.25) is 9.59 Å². The fourth-order valence-corrected chi connectivity index (χ4v) is 3.17. The molecule has 0 amide bonds. The first kappa shape index (κ1) is 42.3. The highest BCUT2D eigenvalue weighted by Gasteiger charge is 1.97. The standard InChI is InChI=1S/2C12H24O2.3C2H4/c2*1-2-3-4-5-6-7-8-9-10-11-12(13)14;3*1-2/h2*2-11H2,1H3,(H,13,14);3*1-2H2. The average Bonchev–Trinajstić information content (AvgIpc) is 2.86. The third-order valence-electron chi connectivity index (χ3n) is 4.99. The highest BCUT2D eigenvalue weighted by molar-refractivity contribution is 5.66. The summed E-state index contributed by atoms with van der Waals surface area (Å²) in [5.41, 5.74) is 0. The van der Waals surface area contributed by atoms with E-state index < -0.39 is 11.9 Å². The van der Waals surface area contributed by atoms with Gasteiger partial charge in [0.2, 0.25) is 0 Å². The molecule has 0 aliphatic carbocycles. The van der Waals surface area contributed by atoms with E-state index in [1.807, 2.05) is 0 Å². The average molecular weight is 485 g/mol. The Morgan fingerprint density at radius 1 is 0.412 bits per heavy atom. The first-order valence-corrected chi connectivity index (χ1v) is 13.5. The molecule has 4 nitrogen and oxygen atoms in total. The molecular weight excluding hydrogens is 424 g/mol. The second-order valence-electron chi connectivity index (χ2n) is 7.94. The van der Waals surface area contributed by atoms with Gasteiger partial charge in [-0.15, -0.1) is 39.5 Å². The Kier molecular flexibility index (Phi) is 60.5. The lowest BCUT2D eigenvalue weighted by molar-refractivity contribution is -0.138. The molecule has 0 aromatic heterocycles. The molecule has 0 radical (unpaired) electrons. The molecule has 0 saturated carbocycles. The summed E-state index contributed by atoms with van der Waals surface area (Å²) >= 11 is 0. The van der Waals surface area contributed by atoms with Gasteiger partial charge in [-0.1, -0.05) is 117 Å². The van der Waals surface area contributed by atoms with Gasteiger partial charge in [0.15, 0.2) is 0 Å². The SMILES string of the molecule is C=C.C=C.C=C.CCCCCCCCCCCC(=O)O.CCCCCCCCCCCC(=O)O. The van der Waals surface area contributed by atoms with E-state index in [0.29, 0.717) is 12.8 Å². The Morgan fingerprint density at radius 2 is 0.588 bits per heavy atom. The quantitative estimate of drug-likeness (QED) is 0.133. The number of carboxylic acids is 2. The van der Waals surface area contributed by atoms with Crippen molar-refractivity contribution in [2.24, 2.45) is 0 Å². The van der Waals surface area contributed by atoms with E-state index in [2.05, 4.69) is 53.3 Å². The zero-order chi connectivity index (χ0) is 27.3. The van der Waals surface area contributed by atoms with Crippen LogP contribution in [0.1, 0.15) is 142 Å². The van der Waals surface area contributed by atoms with Crippen LogP contribution in [0.2, 0.25) is 0 Å². The third-order valence-corrected chi connectivity index (χ3v) is 4.99. The van der Waals surface area contributed by atoms with E-state index >= 15 is 0 Å². The molecule has 0 aromatic rings. The molecule has 0 rings (SSSR count). The van der Waals surface area contributed by atoms with Crippen LogP contribution in [0.15, 0.2) is 39.5 Å². The number of unbranched alkanes of at least 4 members (excludes halogenated alkanes) is 16. The summed E-state index contributed by atoms with van der Waals surface area (Å²) < 4.78 is 0. The van der Waals surface area contributed by atoms with Crippen LogP contribution in [0, 0.1) is 0 Å². The fraction of sp³-hybridized carbons (Fsp3) is 0.733. The second kappa shape index (κ2) is 48.6. The molecule has 0 bridgehead atoms. The van der Waals surface area contributed by atoms with Crippen molar-refractivity contribution in [3.63, 3.8) is 0 Å². The van der Waals surface area contributed by atoms with Gasteiger partial charge in [-0.2, -0.15) is 0 Å². The van der Waals surface area contributed by atoms with E-state index in [1.165, 1.54) is 89.9 Å². The molecule has 0 aliphatic heterocycles. The summed E-state index contributed by atoms with van der Waals surface area (Å²) in [4.78, 5) is 20.4. The second-order valence-corrected chi connectivity index (χ2v) is 7.94. The van der Waals surface area contributed by atoms with Crippen molar-refractivity contribution in [3.05, 3.63) is 39.5 Å². The predicted octanol–water partition coefficient (Wildman–Crippen LogP) is 10.4. The first-order chi connectivity index (χ1) is 16.5. The van der Waals surface area contributed by atoms with Crippen molar-refractivity contribution in [1.29, 1.82) is 0 Å². The minimum atomic E-state index is -0.659. The molecular formula is C30H60O4. The van der Waals surface area contributed by atoms with E-state index in [-0.39, 0.29) is 0 Å². The van der Waals surface area contributed by atoms with Crippen LogP contribution in [0.3, 0.4) is 0 Å². The summed E-state index contributed by atoms with van der Waals surface area (Å²) in [5.74, 6) is -1.32. The Hall–Kier alpha value is -1.84. The maximum Gasteiger partial charge on any atom is 0.303 e. The van der Waals surface area contributed by atoms with E-state index in [4.69, 9.17) is 10.2 Å². The highest BCUT2D eigenvalue weighted by Crippen LogP contribution is 2.11. The van der Waals surface area contributed by atoms with Gasteiger partial charge in [-0.05, 0) is 12.8 Å². The Bertz CT molecular complexity index is 332. The molecule has 2 N–H and O–H groups in total. The van der Waals surface area contributed by atoms with Crippen molar-refractivity contribution in [3.8, 4) is 0 Å². The molecule has 0 atom stereocenters.